The SMILES string of the molecule is CC(C)(C)CC(=O)N(Cc1ccccc1Cl)C1CC(=O)N(c2ccc(-c3nc4ccccc4o3)cc2)C1=O. The number of aromatic nitrogens is 1. The van der Waals surface area contributed by atoms with E-state index in [1.165, 1.54) is 4.90 Å². The highest BCUT2D eigenvalue weighted by atomic mass is 35.5. The molecule has 0 saturated carbocycles. The Morgan fingerprint density at radius 2 is 1.71 bits per heavy atom. The lowest BCUT2D eigenvalue weighted by molar-refractivity contribution is -0.140. The molecule has 3 aromatic carbocycles. The molecule has 38 heavy (non-hydrogen) atoms. The zero-order valence-electron chi connectivity index (χ0n) is 21.5. The van der Waals surface area contributed by atoms with Gasteiger partial charge >= 0.3 is 0 Å². The molecule has 7 nitrogen and oxygen atoms in total. The van der Waals surface area contributed by atoms with Gasteiger partial charge in [-0.3, -0.25) is 14.4 Å². The standard InChI is InChI=1S/C30H28ClN3O4/c1-30(2,3)17-27(36)33(18-20-8-4-5-9-22(20)31)24-16-26(35)34(29(24)37)21-14-12-19(13-15-21)28-32-23-10-6-7-11-25(23)38-28/h4-15,24H,16-18H2,1-3H3. The van der Waals surface area contributed by atoms with E-state index in [1.54, 1.807) is 30.3 Å². The van der Waals surface area contributed by atoms with Gasteiger partial charge in [0.15, 0.2) is 5.58 Å². The van der Waals surface area contributed by atoms with Crippen LogP contribution in [0.25, 0.3) is 22.6 Å². The highest BCUT2D eigenvalue weighted by molar-refractivity contribution is 6.31. The fourth-order valence-electron chi connectivity index (χ4n) is 4.62. The monoisotopic (exact) mass is 529 g/mol. The van der Waals surface area contributed by atoms with Crippen LogP contribution < -0.4 is 4.90 Å². The van der Waals surface area contributed by atoms with E-state index in [-0.39, 0.29) is 36.6 Å². The van der Waals surface area contributed by atoms with Crippen molar-refractivity contribution in [2.24, 2.45) is 5.41 Å². The van der Waals surface area contributed by atoms with Gasteiger partial charge in [0.1, 0.15) is 11.6 Å². The first-order valence-corrected chi connectivity index (χ1v) is 12.8. The van der Waals surface area contributed by atoms with Gasteiger partial charge in [-0.15, -0.1) is 0 Å². The molecule has 0 spiro atoms. The van der Waals surface area contributed by atoms with E-state index in [9.17, 15) is 14.4 Å². The molecule has 8 heteroatoms. The minimum absolute atomic E-state index is 0.0912. The molecular weight excluding hydrogens is 502 g/mol. The Morgan fingerprint density at radius 3 is 2.39 bits per heavy atom. The summed E-state index contributed by atoms with van der Waals surface area (Å²) in [6.07, 6.45) is 0.140. The Labute approximate surface area is 226 Å². The van der Waals surface area contributed by atoms with Crippen LogP contribution in [0.2, 0.25) is 5.02 Å². The van der Waals surface area contributed by atoms with E-state index in [0.717, 1.165) is 21.5 Å². The van der Waals surface area contributed by atoms with Crippen molar-refractivity contribution in [3.05, 3.63) is 83.4 Å². The topological polar surface area (TPSA) is 83.7 Å². The van der Waals surface area contributed by atoms with Gasteiger partial charge in [0.25, 0.3) is 5.91 Å². The molecule has 0 aliphatic carbocycles. The molecule has 3 amide bonds. The minimum Gasteiger partial charge on any atom is -0.436 e. The number of hydrogen-bond donors (Lipinski definition) is 0. The van der Waals surface area contributed by atoms with Crippen LogP contribution in [0.4, 0.5) is 5.69 Å². The number of carbonyl (C=O) groups is 3. The number of hydrogen-bond acceptors (Lipinski definition) is 5. The second-order valence-corrected chi connectivity index (χ2v) is 11.1. The van der Waals surface area contributed by atoms with Crippen LogP contribution in [0.3, 0.4) is 0 Å². The molecule has 0 N–H and O–H groups in total. The van der Waals surface area contributed by atoms with Crippen LogP contribution in [0.5, 0.6) is 0 Å². The summed E-state index contributed by atoms with van der Waals surface area (Å²) in [5.74, 6) is -0.536. The number of oxazole rings is 1. The predicted molar refractivity (Wildman–Crippen MR) is 146 cm³/mol. The number of amides is 3. The molecular formula is C30H28ClN3O4. The third-order valence-corrected chi connectivity index (χ3v) is 6.83. The molecule has 2 heterocycles. The van der Waals surface area contributed by atoms with Crippen molar-refractivity contribution in [2.45, 2.75) is 46.2 Å². The molecule has 0 radical (unpaired) electrons. The Balaban J connectivity index is 1.41. The highest BCUT2D eigenvalue weighted by Gasteiger charge is 2.44. The number of nitrogens with zero attached hydrogens (tertiary/aromatic N) is 3. The largest absolute Gasteiger partial charge is 0.436 e. The van der Waals surface area contributed by atoms with E-state index in [0.29, 0.717) is 22.2 Å². The van der Waals surface area contributed by atoms with Gasteiger partial charge in [0, 0.05) is 23.6 Å². The van der Waals surface area contributed by atoms with Gasteiger partial charge in [-0.05, 0) is 53.4 Å². The van der Waals surface area contributed by atoms with Gasteiger partial charge in [0.2, 0.25) is 17.7 Å². The summed E-state index contributed by atoms with van der Waals surface area (Å²) >= 11 is 6.38. The summed E-state index contributed by atoms with van der Waals surface area (Å²) < 4.78 is 5.83. The molecule has 1 fully saturated rings. The van der Waals surface area contributed by atoms with Crippen LogP contribution in [-0.4, -0.2) is 33.6 Å². The van der Waals surface area contributed by atoms with Crippen LogP contribution in [0.15, 0.2) is 77.2 Å². The lowest BCUT2D eigenvalue weighted by atomic mass is 9.91. The minimum atomic E-state index is -0.912. The lowest BCUT2D eigenvalue weighted by Gasteiger charge is -2.30. The fraction of sp³-hybridized carbons (Fsp3) is 0.267. The number of benzene rings is 3. The fourth-order valence-corrected chi connectivity index (χ4v) is 4.81. The predicted octanol–water partition coefficient (Wildman–Crippen LogP) is 6.25. The first kappa shape index (κ1) is 25.7. The first-order chi connectivity index (χ1) is 18.1. The smallest absolute Gasteiger partial charge is 0.257 e. The second-order valence-electron chi connectivity index (χ2n) is 10.7. The summed E-state index contributed by atoms with van der Waals surface area (Å²) in [4.78, 5) is 47.3. The van der Waals surface area contributed by atoms with Crippen molar-refractivity contribution in [1.29, 1.82) is 0 Å². The van der Waals surface area contributed by atoms with Crippen molar-refractivity contribution in [3.63, 3.8) is 0 Å². The number of para-hydroxylation sites is 2. The van der Waals surface area contributed by atoms with Crippen molar-refractivity contribution in [2.75, 3.05) is 4.90 Å². The lowest BCUT2D eigenvalue weighted by Crippen LogP contribution is -2.46. The molecule has 1 aliphatic rings. The van der Waals surface area contributed by atoms with Crippen molar-refractivity contribution in [3.8, 4) is 11.5 Å². The average molecular weight is 530 g/mol. The molecule has 1 aromatic heterocycles. The number of imide groups is 1. The third-order valence-electron chi connectivity index (χ3n) is 6.47. The van der Waals surface area contributed by atoms with Gasteiger partial charge in [-0.1, -0.05) is 62.7 Å². The van der Waals surface area contributed by atoms with Crippen molar-refractivity contribution < 1.29 is 18.8 Å². The molecule has 1 atom stereocenters. The van der Waals surface area contributed by atoms with E-state index >= 15 is 0 Å². The Bertz CT molecular complexity index is 1490. The maximum atomic E-state index is 13.6. The Hall–Kier alpha value is -3.97. The van der Waals surface area contributed by atoms with Crippen LogP contribution in [0, 0.1) is 5.41 Å². The third kappa shape index (κ3) is 5.20. The van der Waals surface area contributed by atoms with Gasteiger partial charge in [-0.2, -0.15) is 0 Å². The Morgan fingerprint density at radius 1 is 1.03 bits per heavy atom. The van der Waals surface area contributed by atoms with E-state index < -0.39 is 11.9 Å². The van der Waals surface area contributed by atoms with E-state index in [1.807, 2.05) is 63.2 Å². The maximum Gasteiger partial charge on any atom is 0.257 e. The molecule has 5 rings (SSSR count). The first-order valence-electron chi connectivity index (χ1n) is 12.5. The number of anilines is 1. The van der Waals surface area contributed by atoms with Crippen molar-refractivity contribution >= 4 is 46.1 Å². The number of halogens is 1. The summed E-state index contributed by atoms with van der Waals surface area (Å²) in [5.41, 5.74) is 3.01. The summed E-state index contributed by atoms with van der Waals surface area (Å²) in [7, 11) is 0. The zero-order valence-corrected chi connectivity index (χ0v) is 22.2. The molecule has 0 bridgehead atoms. The van der Waals surface area contributed by atoms with E-state index in [2.05, 4.69) is 4.98 Å². The molecule has 1 unspecified atom stereocenters. The molecule has 1 aliphatic heterocycles. The normalized spacial score (nSPS) is 15.9. The number of rotatable bonds is 6. The molecule has 194 valence electrons. The summed E-state index contributed by atoms with van der Waals surface area (Å²) in [6, 6.07) is 20.7. The second kappa shape index (κ2) is 10.1. The highest BCUT2D eigenvalue weighted by Crippen LogP contribution is 2.32. The van der Waals surface area contributed by atoms with Crippen LogP contribution >= 0.6 is 11.6 Å². The summed E-state index contributed by atoms with van der Waals surface area (Å²) in [5, 5.41) is 0.504. The number of fused-ring (bicyclic) bond motifs is 1. The summed E-state index contributed by atoms with van der Waals surface area (Å²) in [6.45, 7) is 6.03. The Kier molecular flexibility index (Phi) is 6.80. The maximum absolute atomic E-state index is 13.6. The number of carbonyl (C=O) groups excluding carboxylic acids is 3. The van der Waals surface area contributed by atoms with Crippen molar-refractivity contribution in [1.82, 2.24) is 9.88 Å². The van der Waals surface area contributed by atoms with Gasteiger partial charge < -0.3 is 9.32 Å². The van der Waals surface area contributed by atoms with E-state index in [4.69, 9.17) is 16.0 Å². The average Bonchev–Trinajstić information content (AvgIpc) is 3.43. The zero-order chi connectivity index (χ0) is 27.0. The molecule has 4 aromatic rings. The molecule has 1 saturated heterocycles. The van der Waals surface area contributed by atoms with Gasteiger partial charge in [0.05, 0.1) is 12.1 Å². The van der Waals surface area contributed by atoms with Crippen LogP contribution in [0.1, 0.15) is 39.2 Å². The quantitative estimate of drug-likeness (QED) is 0.276. The van der Waals surface area contributed by atoms with Gasteiger partial charge in [-0.25, -0.2) is 9.88 Å². The van der Waals surface area contributed by atoms with Crippen LogP contribution in [-0.2, 0) is 20.9 Å².